The Morgan fingerprint density at radius 3 is 2.18 bits per heavy atom. The van der Waals surface area contributed by atoms with E-state index < -0.39 is 28.5 Å². The second kappa shape index (κ2) is 15.3. The van der Waals surface area contributed by atoms with Crippen molar-refractivity contribution in [2.24, 2.45) is 0 Å². The van der Waals surface area contributed by atoms with Crippen molar-refractivity contribution < 1.29 is 18.0 Å². The third kappa shape index (κ3) is 8.34. The third-order valence-electron chi connectivity index (χ3n) is 8.15. The summed E-state index contributed by atoms with van der Waals surface area (Å²) in [6.45, 7) is 5.46. The van der Waals surface area contributed by atoms with Gasteiger partial charge < -0.3 is 10.2 Å². The highest BCUT2D eigenvalue weighted by atomic mass is 35.5. The van der Waals surface area contributed by atoms with Crippen LogP contribution in [0.25, 0.3) is 0 Å². The quantitative estimate of drug-likeness (QED) is 0.218. The second-order valence-electron chi connectivity index (χ2n) is 11.6. The summed E-state index contributed by atoms with van der Waals surface area (Å²) < 4.78 is 29.2. The summed E-state index contributed by atoms with van der Waals surface area (Å²) in [7, 11) is -4.14. The Bertz CT molecular complexity index is 1530. The number of rotatable bonds is 12. The summed E-state index contributed by atoms with van der Waals surface area (Å²) in [6.07, 6.45) is 5.37. The molecule has 2 amide bonds. The first-order chi connectivity index (χ1) is 21.0. The van der Waals surface area contributed by atoms with Gasteiger partial charge in [0.25, 0.3) is 10.0 Å². The summed E-state index contributed by atoms with van der Waals surface area (Å²) in [6, 6.07) is 19.4. The monoisotopic (exact) mass is 657 g/mol. The lowest BCUT2D eigenvalue weighted by Gasteiger charge is -2.34. The summed E-state index contributed by atoms with van der Waals surface area (Å²) in [5.41, 5.74) is 2.00. The Kier molecular flexibility index (Phi) is 11.7. The maximum atomic E-state index is 14.3. The van der Waals surface area contributed by atoms with Gasteiger partial charge in [0.2, 0.25) is 11.8 Å². The molecular formula is C34H41Cl2N3O4S. The Morgan fingerprint density at radius 2 is 1.59 bits per heavy atom. The predicted molar refractivity (Wildman–Crippen MR) is 178 cm³/mol. The summed E-state index contributed by atoms with van der Waals surface area (Å²) in [5.74, 6) is -0.525. The molecule has 10 heteroatoms. The minimum absolute atomic E-state index is 0.0109. The highest BCUT2D eigenvalue weighted by molar-refractivity contribution is 7.92. The molecule has 0 bridgehead atoms. The Balaban J connectivity index is 1.72. The van der Waals surface area contributed by atoms with Crippen LogP contribution in [0.5, 0.6) is 0 Å². The van der Waals surface area contributed by atoms with Crippen LogP contribution in [0.4, 0.5) is 5.69 Å². The summed E-state index contributed by atoms with van der Waals surface area (Å²) >= 11 is 12.7. The zero-order chi connectivity index (χ0) is 31.9. The standard InChI is InChI=1S/C34H41Cl2N3O4S/c1-4-32(34(41)37-28-11-7-5-8-12-28)38(22-26-15-18-27(35)21-31(26)36)33(40)23-39(29-19-16-25(17-20-29)24(2)3)44(42,43)30-13-9-6-10-14-30/h6,9-10,13-21,24,28,32H,4-5,7-8,11-12,22-23H2,1-3H3,(H,37,41)/t32-/m0/s1. The number of hydrogen-bond donors (Lipinski definition) is 1. The molecule has 0 spiro atoms. The van der Waals surface area contributed by atoms with Crippen LogP contribution < -0.4 is 9.62 Å². The minimum Gasteiger partial charge on any atom is -0.352 e. The van der Waals surface area contributed by atoms with Gasteiger partial charge in [-0.2, -0.15) is 0 Å². The van der Waals surface area contributed by atoms with Crippen LogP contribution in [0.2, 0.25) is 10.0 Å². The highest BCUT2D eigenvalue weighted by Gasteiger charge is 2.34. The fraction of sp³-hybridized carbons (Fsp3) is 0.412. The van der Waals surface area contributed by atoms with Crippen LogP contribution in [-0.2, 0) is 26.2 Å². The largest absolute Gasteiger partial charge is 0.352 e. The zero-order valence-electron chi connectivity index (χ0n) is 25.5. The second-order valence-corrected chi connectivity index (χ2v) is 14.3. The molecule has 0 heterocycles. The van der Waals surface area contributed by atoms with Crippen LogP contribution in [0.15, 0.2) is 77.7 Å². The molecule has 44 heavy (non-hydrogen) atoms. The van der Waals surface area contributed by atoms with Crippen molar-refractivity contribution >= 4 is 50.7 Å². The smallest absolute Gasteiger partial charge is 0.264 e. The first-order valence-corrected chi connectivity index (χ1v) is 17.4. The molecule has 1 N–H and O–H groups in total. The molecule has 3 aromatic rings. The van der Waals surface area contributed by atoms with E-state index in [1.165, 1.54) is 17.0 Å². The molecule has 1 aliphatic carbocycles. The van der Waals surface area contributed by atoms with Gasteiger partial charge in [-0.15, -0.1) is 0 Å². The van der Waals surface area contributed by atoms with Crippen molar-refractivity contribution in [3.63, 3.8) is 0 Å². The molecule has 1 atom stereocenters. The number of nitrogens with one attached hydrogen (secondary N) is 1. The van der Waals surface area contributed by atoms with E-state index >= 15 is 0 Å². The lowest BCUT2D eigenvalue weighted by Crippen LogP contribution is -2.54. The normalized spacial score (nSPS) is 14.7. The molecule has 1 fully saturated rings. The summed E-state index contributed by atoms with van der Waals surface area (Å²) in [5, 5.41) is 3.96. The maximum Gasteiger partial charge on any atom is 0.264 e. The van der Waals surface area contributed by atoms with Gasteiger partial charge >= 0.3 is 0 Å². The van der Waals surface area contributed by atoms with Gasteiger partial charge in [-0.3, -0.25) is 13.9 Å². The number of halogens is 2. The van der Waals surface area contributed by atoms with E-state index in [-0.39, 0.29) is 29.3 Å². The molecule has 236 valence electrons. The van der Waals surface area contributed by atoms with Gasteiger partial charge in [0.1, 0.15) is 12.6 Å². The molecule has 7 nitrogen and oxygen atoms in total. The molecule has 3 aromatic carbocycles. The fourth-order valence-corrected chi connectivity index (χ4v) is 7.47. The van der Waals surface area contributed by atoms with Gasteiger partial charge in [-0.1, -0.05) is 99.6 Å². The van der Waals surface area contributed by atoms with Crippen LogP contribution in [0, 0.1) is 0 Å². The molecule has 0 unspecified atom stereocenters. The number of benzene rings is 3. The molecule has 1 aliphatic rings. The average Bonchev–Trinajstić information content (AvgIpc) is 3.01. The molecule has 0 saturated heterocycles. The molecule has 0 radical (unpaired) electrons. The first kappa shape index (κ1) is 33.8. The number of nitrogens with zero attached hydrogens (tertiary/aromatic N) is 2. The van der Waals surface area contributed by atoms with E-state index in [1.807, 2.05) is 19.1 Å². The lowest BCUT2D eigenvalue weighted by molar-refractivity contribution is -0.140. The SMILES string of the molecule is CC[C@@H](C(=O)NC1CCCCC1)N(Cc1ccc(Cl)cc1Cl)C(=O)CN(c1ccc(C(C)C)cc1)S(=O)(=O)c1ccccc1. The van der Waals surface area contributed by atoms with Gasteiger partial charge in [-0.25, -0.2) is 8.42 Å². The topological polar surface area (TPSA) is 86.8 Å². The number of sulfonamides is 1. The molecule has 1 saturated carbocycles. The predicted octanol–water partition coefficient (Wildman–Crippen LogP) is 7.57. The Hall–Kier alpha value is -3.07. The van der Waals surface area contributed by atoms with Gasteiger partial charge in [0.05, 0.1) is 10.6 Å². The van der Waals surface area contributed by atoms with Crippen molar-refractivity contribution in [3.8, 4) is 0 Å². The zero-order valence-corrected chi connectivity index (χ0v) is 27.8. The van der Waals surface area contributed by atoms with Crippen LogP contribution in [-0.4, -0.2) is 43.8 Å². The number of anilines is 1. The van der Waals surface area contributed by atoms with Crippen molar-refractivity contribution in [1.82, 2.24) is 10.2 Å². The molecule has 4 rings (SSSR count). The number of amides is 2. The number of hydrogen-bond acceptors (Lipinski definition) is 4. The van der Waals surface area contributed by atoms with Gasteiger partial charge in [-0.05, 0) is 72.7 Å². The first-order valence-electron chi connectivity index (χ1n) is 15.2. The maximum absolute atomic E-state index is 14.3. The number of carbonyl (C=O) groups excluding carboxylic acids is 2. The van der Waals surface area contributed by atoms with Gasteiger partial charge in [0, 0.05) is 22.6 Å². The number of carbonyl (C=O) groups is 2. The van der Waals surface area contributed by atoms with Crippen molar-refractivity contribution in [2.45, 2.75) is 88.7 Å². The Morgan fingerprint density at radius 1 is 0.932 bits per heavy atom. The van der Waals surface area contributed by atoms with E-state index in [1.54, 1.807) is 48.5 Å². The highest BCUT2D eigenvalue weighted by Crippen LogP contribution is 2.28. The van der Waals surface area contributed by atoms with E-state index in [4.69, 9.17) is 23.2 Å². The summed E-state index contributed by atoms with van der Waals surface area (Å²) in [4.78, 5) is 29.5. The van der Waals surface area contributed by atoms with Crippen molar-refractivity contribution in [1.29, 1.82) is 0 Å². The van der Waals surface area contributed by atoms with Crippen molar-refractivity contribution in [2.75, 3.05) is 10.8 Å². The Labute approximate surface area is 271 Å². The van der Waals surface area contributed by atoms with Crippen LogP contribution >= 0.6 is 23.2 Å². The minimum atomic E-state index is -4.14. The van der Waals surface area contributed by atoms with Gasteiger partial charge in [0.15, 0.2) is 0 Å². The van der Waals surface area contributed by atoms with E-state index in [0.717, 1.165) is 42.0 Å². The van der Waals surface area contributed by atoms with Crippen LogP contribution in [0.3, 0.4) is 0 Å². The fourth-order valence-electron chi connectivity index (χ4n) is 5.57. The molecule has 0 aromatic heterocycles. The third-order valence-corrected chi connectivity index (χ3v) is 10.5. The van der Waals surface area contributed by atoms with E-state index in [9.17, 15) is 18.0 Å². The van der Waals surface area contributed by atoms with E-state index in [0.29, 0.717) is 27.7 Å². The lowest BCUT2D eigenvalue weighted by atomic mass is 9.95. The molecular weight excluding hydrogens is 617 g/mol. The molecule has 0 aliphatic heterocycles. The van der Waals surface area contributed by atoms with Crippen LogP contribution in [0.1, 0.15) is 76.3 Å². The van der Waals surface area contributed by atoms with Crippen molar-refractivity contribution in [3.05, 3.63) is 94.0 Å². The average molecular weight is 659 g/mol. The van der Waals surface area contributed by atoms with E-state index in [2.05, 4.69) is 19.2 Å².